The van der Waals surface area contributed by atoms with E-state index in [2.05, 4.69) is 0 Å². The fourth-order valence-corrected chi connectivity index (χ4v) is 5.89. The van der Waals surface area contributed by atoms with E-state index in [1.54, 1.807) is 12.1 Å². The Balaban J connectivity index is 1.73. The summed E-state index contributed by atoms with van der Waals surface area (Å²) in [6, 6.07) is 9.74. The minimum atomic E-state index is -3.81. The van der Waals surface area contributed by atoms with E-state index in [4.69, 9.17) is 5.14 Å². The number of fused-ring (bicyclic) bond motifs is 2. The molecule has 0 bridgehead atoms. The van der Waals surface area contributed by atoms with E-state index in [0.717, 1.165) is 31.2 Å². The van der Waals surface area contributed by atoms with Gasteiger partial charge in [0, 0.05) is 6.54 Å². The predicted octanol–water partition coefficient (Wildman–Crippen LogP) is 1.96. The van der Waals surface area contributed by atoms with Crippen molar-refractivity contribution in [1.29, 1.82) is 0 Å². The lowest BCUT2D eigenvalue weighted by atomic mass is 9.92. The predicted molar refractivity (Wildman–Crippen MR) is 99.1 cm³/mol. The van der Waals surface area contributed by atoms with Crippen LogP contribution in [0, 0.1) is 0 Å². The van der Waals surface area contributed by atoms with Gasteiger partial charge in [0.05, 0.1) is 15.5 Å². The summed E-state index contributed by atoms with van der Waals surface area (Å²) in [5.41, 5.74) is 3.55. The third-order valence-corrected chi connectivity index (χ3v) is 7.86. The molecule has 0 fully saturated rings. The van der Waals surface area contributed by atoms with Crippen LogP contribution in [-0.4, -0.2) is 23.4 Å². The van der Waals surface area contributed by atoms with Gasteiger partial charge in [-0.1, -0.05) is 6.07 Å². The van der Waals surface area contributed by atoms with E-state index in [9.17, 15) is 16.8 Å². The molecule has 6 nitrogen and oxygen atoms in total. The lowest BCUT2D eigenvalue weighted by Gasteiger charge is -2.22. The van der Waals surface area contributed by atoms with Crippen LogP contribution in [-0.2, 0) is 39.3 Å². The first kappa shape index (κ1) is 17.5. The quantitative estimate of drug-likeness (QED) is 0.863. The third kappa shape index (κ3) is 2.91. The highest BCUT2D eigenvalue weighted by atomic mass is 32.2. The molecule has 2 aromatic carbocycles. The number of aryl methyl sites for hydroxylation is 2. The maximum Gasteiger partial charge on any atom is 0.264 e. The highest BCUT2D eigenvalue weighted by Gasteiger charge is 2.32. The molecule has 0 radical (unpaired) electrons. The van der Waals surface area contributed by atoms with Crippen LogP contribution in [0.15, 0.2) is 46.2 Å². The highest BCUT2D eigenvalue weighted by Crippen LogP contribution is 2.35. The molecule has 8 heteroatoms. The number of hydrogen-bond acceptors (Lipinski definition) is 4. The molecule has 0 unspecified atom stereocenters. The van der Waals surface area contributed by atoms with Crippen LogP contribution < -0.4 is 9.44 Å². The van der Waals surface area contributed by atoms with Crippen molar-refractivity contribution in [3.63, 3.8) is 0 Å². The second-order valence-electron chi connectivity index (χ2n) is 6.80. The molecule has 4 rings (SSSR count). The Hall–Kier alpha value is -1.90. The molecule has 2 aliphatic rings. The van der Waals surface area contributed by atoms with E-state index in [1.165, 1.54) is 28.1 Å². The molecular formula is C18H20N2O4S2. The Bertz CT molecular complexity index is 1090. The zero-order valence-electron chi connectivity index (χ0n) is 14.2. The molecule has 138 valence electrons. The first-order chi connectivity index (χ1) is 12.3. The smallest absolute Gasteiger partial charge is 0.264 e. The van der Waals surface area contributed by atoms with Crippen LogP contribution in [0.4, 0.5) is 5.69 Å². The number of sulfonamides is 2. The van der Waals surface area contributed by atoms with Gasteiger partial charge in [-0.15, -0.1) is 0 Å². The van der Waals surface area contributed by atoms with Crippen LogP contribution >= 0.6 is 0 Å². The molecule has 0 spiro atoms. The van der Waals surface area contributed by atoms with E-state index in [1.807, 2.05) is 6.07 Å². The summed E-state index contributed by atoms with van der Waals surface area (Å²) in [7, 11) is -7.49. The van der Waals surface area contributed by atoms with E-state index in [0.29, 0.717) is 29.1 Å². The monoisotopic (exact) mass is 392 g/mol. The first-order valence-corrected chi connectivity index (χ1v) is 11.6. The lowest BCUT2D eigenvalue weighted by Crippen LogP contribution is -2.29. The molecule has 1 heterocycles. The molecule has 0 aromatic heterocycles. The van der Waals surface area contributed by atoms with Crippen LogP contribution in [0.3, 0.4) is 0 Å². The van der Waals surface area contributed by atoms with Gasteiger partial charge in [0.1, 0.15) is 0 Å². The maximum atomic E-state index is 13.1. The van der Waals surface area contributed by atoms with Gasteiger partial charge in [-0.2, -0.15) is 0 Å². The second-order valence-corrected chi connectivity index (χ2v) is 10.2. The van der Waals surface area contributed by atoms with Crippen molar-refractivity contribution in [2.45, 2.75) is 41.9 Å². The van der Waals surface area contributed by atoms with Gasteiger partial charge in [0.15, 0.2) is 0 Å². The van der Waals surface area contributed by atoms with Crippen molar-refractivity contribution < 1.29 is 16.8 Å². The van der Waals surface area contributed by atoms with Gasteiger partial charge in [0.2, 0.25) is 10.0 Å². The van der Waals surface area contributed by atoms with Gasteiger partial charge < -0.3 is 0 Å². The Morgan fingerprint density at radius 1 is 0.769 bits per heavy atom. The summed E-state index contributed by atoms with van der Waals surface area (Å²) < 4.78 is 50.7. The molecule has 0 saturated heterocycles. The zero-order valence-corrected chi connectivity index (χ0v) is 15.8. The van der Waals surface area contributed by atoms with Gasteiger partial charge in [-0.05, 0) is 79.1 Å². The van der Waals surface area contributed by atoms with Gasteiger partial charge in [-0.3, -0.25) is 4.31 Å². The van der Waals surface area contributed by atoms with Gasteiger partial charge in [-0.25, -0.2) is 22.0 Å². The maximum absolute atomic E-state index is 13.1. The van der Waals surface area contributed by atoms with Crippen molar-refractivity contribution in [1.82, 2.24) is 0 Å². The number of nitrogens with zero attached hydrogens (tertiary/aromatic N) is 1. The Morgan fingerprint density at radius 3 is 2.15 bits per heavy atom. The van der Waals surface area contributed by atoms with Crippen LogP contribution in [0.25, 0.3) is 0 Å². The molecular weight excluding hydrogens is 372 g/mol. The Morgan fingerprint density at radius 2 is 1.42 bits per heavy atom. The number of benzene rings is 2. The molecule has 1 aliphatic heterocycles. The third-order valence-electron chi connectivity index (χ3n) is 5.14. The largest absolute Gasteiger partial charge is 0.266 e. The number of hydrogen-bond donors (Lipinski definition) is 1. The van der Waals surface area contributed by atoms with Crippen molar-refractivity contribution in [2.24, 2.45) is 5.14 Å². The minimum absolute atomic E-state index is 0.00396. The lowest BCUT2D eigenvalue weighted by molar-refractivity contribution is 0.591. The summed E-state index contributed by atoms with van der Waals surface area (Å²) in [5, 5.41) is 5.17. The number of rotatable bonds is 3. The average molecular weight is 393 g/mol. The summed E-state index contributed by atoms with van der Waals surface area (Å²) in [6.45, 7) is 0.294. The normalized spacial score (nSPS) is 17.0. The van der Waals surface area contributed by atoms with Crippen molar-refractivity contribution in [3.05, 3.63) is 53.1 Å². The summed E-state index contributed by atoms with van der Waals surface area (Å²) in [6.07, 6.45) is 4.60. The van der Waals surface area contributed by atoms with Crippen molar-refractivity contribution >= 4 is 25.7 Å². The summed E-state index contributed by atoms with van der Waals surface area (Å²) in [4.78, 5) is 0.297. The molecule has 0 atom stereocenters. The highest BCUT2D eigenvalue weighted by molar-refractivity contribution is 7.92. The average Bonchev–Trinajstić information content (AvgIpc) is 3.04. The Labute approximate surface area is 153 Å². The van der Waals surface area contributed by atoms with Crippen LogP contribution in [0.2, 0.25) is 0 Å². The number of anilines is 1. The standard InChI is InChI=1S/C18H20N2O4S2/c19-25(21,22)16-7-8-18-15(12-16)9-10-20(18)26(23,24)17-6-5-13-3-1-2-4-14(13)11-17/h5-8,11-12H,1-4,9-10H2,(H2,19,21,22). The van der Waals surface area contributed by atoms with Gasteiger partial charge >= 0.3 is 0 Å². The fourth-order valence-electron chi connectivity index (χ4n) is 3.77. The second kappa shape index (κ2) is 6.07. The Kier molecular flexibility index (Phi) is 4.09. The number of primary sulfonamides is 1. The topological polar surface area (TPSA) is 97.5 Å². The van der Waals surface area contributed by atoms with E-state index in [-0.39, 0.29) is 4.90 Å². The SMILES string of the molecule is NS(=O)(=O)c1ccc2c(c1)CCN2S(=O)(=O)c1ccc2c(c1)CCCC2. The van der Waals surface area contributed by atoms with E-state index < -0.39 is 20.0 Å². The minimum Gasteiger partial charge on any atom is -0.266 e. The molecule has 2 aromatic rings. The van der Waals surface area contributed by atoms with E-state index >= 15 is 0 Å². The fraction of sp³-hybridized carbons (Fsp3) is 0.333. The number of nitrogens with two attached hydrogens (primary N) is 1. The van der Waals surface area contributed by atoms with Gasteiger partial charge in [0.25, 0.3) is 10.0 Å². The van der Waals surface area contributed by atoms with Crippen LogP contribution in [0.1, 0.15) is 29.5 Å². The van der Waals surface area contributed by atoms with Crippen LogP contribution in [0.5, 0.6) is 0 Å². The molecule has 1 aliphatic carbocycles. The van der Waals surface area contributed by atoms with Crippen molar-refractivity contribution in [3.8, 4) is 0 Å². The van der Waals surface area contributed by atoms with Crippen molar-refractivity contribution in [2.75, 3.05) is 10.8 Å². The molecule has 2 N–H and O–H groups in total. The molecule has 26 heavy (non-hydrogen) atoms. The first-order valence-electron chi connectivity index (χ1n) is 8.57. The summed E-state index contributed by atoms with van der Waals surface area (Å²) >= 11 is 0. The molecule has 0 amide bonds. The summed E-state index contributed by atoms with van der Waals surface area (Å²) in [5.74, 6) is 0. The zero-order chi connectivity index (χ0) is 18.5. The molecule has 0 saturated carbocycles.